The molecule has 8 heteroatoms. The predicted molar refractivity (Wildman–Crippen MR) is 74.3 cm³/mol. The predicted octanol–water partition coefficient (Wildman–Crippen LogP) is 0.626. The van der Waals surface area contributed by atoms with Crippen LogP contribution in [0, 0.1) is 0 Å². The summed E-state index contributed by atoms with van der Waals surface area (Å²) in [5.74, 6) is -0.362. The second-order valence-electron chi connectivity index (χ2n) is 4.37. The van der Waals surface area contributed by atoms with Gasteiger partial charge in [-0.1, -0.05) is 0 Å². The van der Waals surface area contributed by atoms with Crippen molar-refractivity contribution in [1.29, 1.82) is 0 Å². The first-order valence-corrected chi connectivity index (χ1v) is 7.62. The SMILES string of the molecule is CCOC(=O)CN(C(C)C)S(=O)(=O)c1ccc(N)nc1. The van der Waals surface area contributed by atoms with Crippen LogP contribution < -0.4 is 5.73 Å². The highest BCUT2D eigenvalue weighted by atomic mass is 32.2. The van der Waals surface area contributed by atoms with Crippen molar-refractivity contribution in [2.24, 2.45) is 0 Å². The molecule has 0 bridgehead atoms. The third-order valence-corrected chi connectivity index (χ3v) is 4.54. The molecule has 20 heavy (non-hydrogen) atoms. The number of nitrogens with two attached hydrogens (primary N) is 1. The minimum atomic E-state index is -3.82. The molecular weight excluding hydrogens is 282 g/mol. The van der Waals surface area contributed by atoms with Crippen LogP contribution in [-0.4, -0.2) is 42.9 Å². The van der Waals surface area contributed by atoms with Gasteiger partial charge < -0.3 is 10.5 Å². The number of aromatic nitrogens is 1. The summed E-state index contributed by atoms with van der Waals surface area (Å²) in [6.45, 7) is 4.89. The molecule has 0 spiro atoms. The van der Waals surface area contributed by atoms with Gasteiger partial charge in [0.2, 0.25) is 10.0 Å². The van der Waals surface area contributed by atoms with Crippen molar-refractivity contribution in [2.75, 3.05) is 18.9 Å². The first kappa shape index (κ1) is 16.4. The maximum absolute atomic E-state index is 12.5. The molecule has 112 valence electrons. The molecule has 0 aromatic carbocycles. The standard InChI is InChI=1S/C12H19N3O4S/c1-4-19-12(16)8-15(9(2)3)20(17,18)10-5-6-11(13)14-7-10/h5-7,9H,4,8H2,1-3H3,(H2,13,14). The maximum Gasteiger partial charge on any atom is 0.321 e. The Bertz CT molecular complexity index is 555. The Balaban J connectivity index is 3.06. The van der Waals surface area contributed by atoms with E-state index in [-0.39, 0.29) is 29.9 Å². The van der Waals surface area contributed by atoms with Crippen molar-refractivity contribution in [1.82, 2.24) is 9.29 Å². The molecule has 0 saturated heterocycles. The number of sulfonamides is 1. The molecular formula is C12H19N3O4S. The Hall–Kier alpha value is -1.67. The van der Waals surface area contributed by atoms with Gasteiger partial charge >= 0.3 is 5.97 Å². The highest BCUT2D eigenvalue weighted by molar-refractivity contribution is 7.89. The van der Waals surface area contributed by atoms with Gasteiger partial charge in [0, 0.05) is 12.2 Å². The number of anilines is 1. The lowest BCUT2D eigenvalue weighted by atomic mass is 10.4. The summed E-state index contributed by atoms with van der Waals surface area (Å²) in [5, 5.41) is 0. The van der Waals surface area contributed by atoms with E-state index in [0.29, 0.717) is 0 Å². The summed E-state index contributed by atoms with van der Waals surface area (Å²) in [4.78, 5) is 15.3. The largest absolute Gasteiger partial charge is 0.465 e. The highest BCUT2D eigenvalue weighted by Gasteiger charge is 2.29. The Morgan fingerprint density at radius 3 is 2.55 bits per heavy atom. The van der Waals surface area contributed by atoms with Crippen molar-refractivity contribution < 1.29 is 17.9 Å². The Morgan fingerprint density at radius 2 is 2.10 bits per heavy atom. The molecule has 1 aromatic rings. The fraction of sp³-hybridized carbons (Fsp3) is 0.500. The van der Waals surface area contributed by atoms with Crippen LogP contribution in [0.5, 0.6) is 0 Å². The number of rotatable bonds is 6. The average Bonchev–Trinajstić information content (AvgIpc) is 2.36. The molecule has 0 aliphatic rings. The number of hydrogen-bond donors (Lipinski definition) is 1. The van der Waals surface area contributed by atoms with Gasteiger partial charge in [-0.2, -0.15) is 4.31 Å². The highest BCUT2D eigenvalue weighted by Crippen LogP contribution is 2.18. The molecule has 1 rings (SSSR count). The topological polar surface area (TPSA) is 103 Å². The lowest BCUT2D eigenvalue weighted by Crippen LogP contribution is -2.41. The normalized spacial score (nSPS) is 11.8. The van der Waals surface area contributed by atoms with Crippen LogP contribution in [0.15, 0.2) is 23.2 Å². The Morgan fingerprint density at radius 1 is 1.45 bits per heavy atom. The molecule has 1 heterocycles. The van der Waals surface area contributed by atoms with Gasteiger partial charge in [0.25, 0.3) is 0 Å². The zero-order valence-electron chi connectivity index (χ0n) is 11.7. The van der Waals surface area contributed by atoms with Crippen LogP contribution in [0.4, 0.5) is 5.82 Å². The Kier molecular flexibility index (Phi) is 5.46. The van der Waals surface area contributed by atoms with Gasteiger partial charge in [-0.15, -0.1) is 0 Å². The zero-order valence-corrected chi connectivity index (χ0v) is 12.6. The van der Waals surface area contributed by atoms with Crippen LogP contribution in [0.25, 0.3) is 0 Å². The molecule has 0 amide bonds. The number of nitrogens with zero attached hydrogens (tertiary/aromatic N) is 2. The smallest absolute Gasteiger partial charge is 0.321 e. The molecule has 0 unspecified atom stereocenters. The molecule has 2 N–H and O–H groups in total. The van der Waals surface area contributed by atoms with Crippen LogP contribution in [0.2, 0.25) is 0 Å². The van der Waals surface area contributed by atoms with Gasteiger partial charge in [0.05, 0.1) is 6.61 Å². The van der Waals surface area contributed by atoms with Crippen LogP contribution >= 0.6 is 0 Å². The number of nitrogen functional groups attached to an aromatic ring is 1. The summed E-state index contributed by atoms with van der Waals surface area (Å²) in [5.41, 5.74) is 5.43. The second kappa shape index (κ2) is 6.67. The van der Waals surface area contributed by atoms with Crippen molar-refractivity contribution in [3.8, 4) is 0 Å². The van der Waals surface area contributed by atoms with E-state index in [0.717, 1.165) is 4.31 Å². The third kappa shape index (κ3) is 3.91. The van der Waals surface area contributed by atoms with Gasteiger partial charge in [0.15, 0.2) is 0 Å². The van der Waals surface area contributed by atoms with E-state index >= 15 is 0 Å². The molecule has 0 fully saturated rings. The van der Waals surface area contributed by atoms with Gasteiger partial charge in [-0.05, 0) is 32.9 Å². The number of carbonyl (C=O) groups is 1. The van der Waals surface area contributed by atoms with E-state index in [2.05, 4.69) is 4.98 Å². The zero-order chi connectivity index (χ0) is 15.3. The first-order valence-electron chi connectivity index (χ1n) is 6.18. The quantitative estimate of drug-likeness (QED) is 0.773. The molecule has 1 aromatic heterocycles. The lowest BCUT2D eigenvalue weighted by molar-refractivity contribution is -0.143. The van der Waals surface area contributed by atoms with E-state index < -0.39 is 16.0 Å². The van der Waals surface area contributed by atoms with E-state index in [1.54, 1.807) is 20.8 Å². The van der Waals surface area contributed by atoms with E-state index in [1.165, 1.54) is 18.3 Å². The molecule has 0 atom stereocenters. The fourth-order valence-electron chi connectivity index (χ4n) is 1.56. The third-order valence-electron chi connectivity index (χ3n) is 2.53. The fourth-order valence-corrected chi connectivity index (χ4v) is 3.09. The van der Waals surface area contributed by atoms with Crippen LogP contribution in [0.1, 0.15) is 20.8 Å². The van der Waals surface area contributed by atoms with Crippen LogP contribution in [-0.2, 0) is 19.6 Å². The first-order chi connectivity index (χ1) is 9.28. The van der Waals surface area contributed by atoms with Gasteiger partial charge in [-0.25, -0.2) is 13.4 Å². The minimum absolute atomic E-state index is 0.00954. The van der Waals surface area contributed by atoms with E-state index in [9.17, 15) is 13.2 Å². The summed E-state index contributed by atoms with van der Waals surface area (Å²) in [6.07, 6.45) is 1.17. The number of hydrogen-bond acceptors (Lipinski definition) is 6. The summed E-state index contributed by atoms with van der Waals surface area (Å²) in [7, 11) is -3.82. The monoisotopic (exact) mass is 301 g/mol. The minimum Gasteiger partial charge on any atom is -0.465 e. The summed E-state index contributed by atoms with van der Waals surface area (Å²) in [6, 6.07) is 2.37. The number of esters is 1. The summed E-state index contributed by atoms with van der Waals surface area (Å²) < 4.78 is 30.8. The van der Waals surface area contributed by atoms with Gasteiger partial charge in [0.1, 0.15) is 17.3 Å². The average molecular weight is 301 g/mol. The molecule has 0 radical (unpaired) electrons. The Labute approximate surface area is 118 Å². The van der Waals surface area contributed by atoms with Crippen molar-refractivity contribution in [2.45, 2.75) is 31.7 Å². The molecule has 0 aliphatic carbocycles. The van der Waals surface area contributed by atoms with Crippen molar-refractivity contribution >= 4 is 21.8 Å². The lowest BCUT2D eigenvalue weighted by Gasteiger charge is -2.24. The van der Waals surface area contributed by atoms with E-state index in [1.807, 2.05) is 0 Å². The van der Waals surface area contributed by atoms with Gasteiger partial charge in [-0.3, -0.25) is 4.79 Å². The van der Waals surface area contributed by atoms with Crippen molar-refractivity contribution in [3.05, 3.63) is 18.3 Å². The molecule has 0 aliphatic heterocycles. The number of carbonyl (C=O) groups excluding carboxylic acids is 1. The maximum atomic E-state index is 12.5. The number of pyridine rings is 1. The molecule has 7 nitrogen and oxygen atoms in total. The van der Waals surface area contributed by atoms with E-state index in [4.69, 9.17) is 10.5 Å². The van der Waals surface area contributed by atoms with Crippen molar-refractivity contribution in [3.63, 3.8) is 0 Å². The number of ether oxygens (including phenoxy) is 1. The molecule has 0 saturated carbocycles. The summed E-state index contributed by atoms with van der Waals surface area (Å²) >= 11 is 0. The van der Waals surface area contributed by atoms with Crippen LogP contribution in [0.3, 0.4) is 0 Å². The second-order valence-corrected chi connectivity index (χ2v) is 6.26.